The molecular weight excluding hydrogens is 488 g/mol. The molecule has 200 valence electrons. The lowest BCUT2D eigenvalue weighted by atomic mass is 10.0. The van der Waals surface area contributed by atoms with Crippen LogP contribution < -0.4 is 20.7 Å². The zero-order chi connectivity index (χ0) is 26.6. The number of fused-ring (bicyclic) bond motifs is 1. The summed E-state index contributed by atoms with van der Waals surface area (Å²) in [7, 11) is 0. The van der Waals surface area contributed by atoms with Gasteiger partial charge in [-0.15, -0.1) is 0 Å². The van der Waals surface area contributed by atoms with Gasteiger partial charge >= 0.3 is 6.03 Å². The Labute approximate surface area is 220 Å². The number of benzene rings is 2. The predicted molar refractivity (Wildman–Crippen MR) is 138 cm³/mol. The molecule has 2 aromatic carbocycles. The average Bonchev–Trinajstić information content (AvgIpc) is 3.51. The number of carbonyl (C=O) groups is 4. The third-order valence-electron chi connectivity index (χ3n) is 7.55. The number of carbonyl (C=O) groups excluding carboxylic acids is 4. The van der Waals surface area contributed by atoms with E-state index in [9.17, 15) is 24.3 Å². The lowest BCUT2D eigenvalue weighted by molar-refractivity contribution is -0.136. The van der Waals surface area contributed by atoms with Gasteiger partial charge in [-0.25, -0.2) is 4.79 Å². The van der Waals surface area contributed by atoms with Crippen molar-refractivity contribution in [1.29, 1.82) is 0 Å². The van der Waals surface area contributed by atoms with E-state index in [2.05, 4.69) is 16.0 Å². The summed E-state index contributed by atoms with van der Waals surface area (Å²) >= 11 is 0. The molecule has 1 saturated heterocycles. The highest BCUT2D eigenvalue weighted by atomic mass is 16.5. The van der Waals surface area contributed by atoms with Crippen LogP contribution in [0.25, 0.3) is 0 Å². The van der Waals surface area contributed by atoms with Gasteiger partial charge in [0.1, 0.15) is 11.8 Å². The molecule has 0 bridgehead atoms. The first-order valence-electron chi connectivity index (χ1n) is 13.0. The summed E-state index contributed by atoms with van der Waals surface area (Å²) in [5.74, 6) is 0.613. The average molecular weight is 521 g/mol. The van der Waals surface area contributed by atoms with E-state index in [1.807, 2.05) is 18.2 Å². The van der Waals surface area contributed by atoms with Crippen LogP contribution in [0.2, 0.25) is 0 Å². The Balaban J connectivity index is 1.09. The third kappa shape index (κ3) is 5.80. The highest BCUT2D eigenvalue weighted by Gasteiger charge is 2.39. The Kier molecular flexibility index (Phi) is 7.59. The summed E-state index contributed by atoms with van der Waals surface area (Å²) in [5.41, 5.74) is 2.79. The molecule has 5 rings (SSSR count). The van der Waals surface area contributed by atoms with Gasteiger partial charge in [-0.05, 0) is 79.0 Å². The maximum atomic E-state index is 12.8. The van der Waals surface area contributed by atoms with Crippen molar-refractivity contribution in [2.75, 3.05) is 18.5 Å². The number of aliphatic hydroxyl groups excluding tert-OH is 1. The molecule has 38 heavy (non-hydrogen) atoms. The molecule has 3 aliphatic rings. The minimum absolute atomic E-state index is 0.211. The van der Waals surface area contributed by atoms with Crippen molar-refractivity contribution >= 4 is 29.4 Å². The molecule has 5 amide bonds. The van der Waals surface area contributed by atoms with Crippen molar-refractivity contribution in [2.45, 2.75) is 51.2 Å². The molecule has 4 N–H and O–H groups in total. The summed E-state index contributed by atoms with van der Waals surface area (Å²) < 4.78 is 5.87. The molecule has 10 heteroatoms. The molecule has 3 atom stereocenters. The van der Waals surface area contributed by atoms with Crippen molar-refractivity contribution in [1.82, 2.24) is 15.5 Å². The van der Waals surface area contributed by atoms with Crippen LogP contribution in [0.1, 0.15) is 53.6 Å². The van der Waals surface area contributed by atoms with Gasteiger partial charge in [0.2, 0.25) is 11.8 Å². The monoisotopic (exact) mass is 520 g/mol. The van der Waals surface area contributed by atoms with Gasteiger partial charge in [0.05, 0.1) is 6.61 Å². The minimum atomic E-state index is -0.655. The Hall–Kier alpha value is -3.92. The predicted octanol–water partition coefficient (Wildman–Crippen LogP) is 2.56. The van der Waals surface area contributed by atoms with Gasteiger partial charge in [-0.1, -0.05) is 12.1 Å². The smallest absolute Gasteiger partial charge is 0.319 e. The van der Waals surface area contributed by atoms with Gasteiger partial charge in [0.15, 0.2) is 0 Å². The molecular formula is C28H32N4O6. The third-order valence-corrected chi connectivity index (χ3v) is 7.55. The number of hydrogen-bond acceptors (Lipinski definition) is 6. The molecule has 0 aromatic heterocycles. The summed E-state index contributed by atoms with van der Waals surface area (Å²) in [6.07, 6.45) is 3.64. The number of aliphatic hydroxyl groups is 1. The van der Waals surface area contributed by atoms with Crippen LogP contribution >= 0.6 is 0 Å². The standard InChI is InChI=1S/C28H32N4O6/c33-15-18-1-2-19(11-18)16-38-22-6-4-21(5-7-22)30-28(37)29-13-17-3-8-23-20(12-17)14-32(27(23)36)24-9-10-25(34)31-26(24)35/h3-8,12,18-19,24,33H,1-2,9-11,13-16H2,(H2,29,30,37)(H,31,34,35)/t18-,19-,24?/m1/s1. The van der Waals surface area contributed by atoms with Crippen molar-refractivity contribution in [3.8, 4) is 5.75 Å². The van der Waals surface area contributed by atoms with Gasteiger partial charge in [0.25, 0.3) is 5.91 Å². The normalized spacial score (nSPS) is 22.7. The highest BCUT2D eigenvalue weighted by Crippen LogP contribution is 2.31. The Morgan fingerprint density at radius 3 is 2.58 bits per heavy atom. The fourth-order valence-electron chi connectivity index (χ4n) is 5.44. The topological polar surface area (TPSA) is 137 Å². The summed E-state index contributed by atoms with van der Waals surface area (Å²) in [6, 6.07) is 11.5. The van der Waals surface area contributed by atoms with Gasteiger partial charge < -0.3 is 25.4 Å². The molecule has 2 aromatic rings. The van der Waals surface area contributed by atoms with Crippen molar-refractivity contribution in [2.24, 2.45) is 11.8 Å². The number of piperidine rings is 1. The summed E-state index contributed by atoms with van der Waals surface area (Å²) in [5, 5.41) is 17.2. The van der Waals surface area contributed by atoms with E-state index in [0.717, 1.165) is 36.1 Å². The van der Waals surface area contributed by atoms with Crippen LogP contribution in [0.3, 0.4) is 0 Å². The molecule has 2 aliphatic heterocycles. The van der Waals surface area contributed by atoms with Crippen LogP contribution in [0.5, 0.6) is 5.75 Å². The molecule has 0 spiro atoms. The fraction of sp³-hybridized carbons (Fsp3) is 0.429. The number of hydrogen-bond donors (Lipinski definition) is 4. The number of nitrogens with one attached hydrogen (secondary N) is 3. The molecule has 2 heterocycles. The van der Waals surface area contributed by atoms with E-state index in [1.54, 1.807) is 24.3 Å². The molecule has 1 unspecified atom stereocenters. The number of ether oxygens (including phenoxy) is 1. The van der Waals surface area contributed by atoms with Crippen molar-refractivity contribution in [3.05, 3.63) is 59.2 Å². The molecule has 0 radical (unpaired) electrons. The number of amides is 5. The zero-order valence-electron chi connectivity index (χ0n) is 21.1. The fourth-order valence-corrected chi connectivity index (χ4v) is 5.44. The van der Waals surface area contributed by atoms with Crippen LogP contribution in [-0.2, 0) is 22.7 Å². The Morgan fingerprint density at radius 2 is 1.84 bits per heavy atom. The number of urea groups is 1. The van der Waals surface area contributed by atoms with Crippen LogP contribution in [0.4, 0.5) is 10.5 Å². The second-order valence-corrected chi connectivity index (χ2v) is 10.3. The van der Waals surface area contributed by atoms with Gasteiger partial charge in [-0.2, -0.15) is 0 Å². The number of rotatable bonds is 8. The van der Waals surface area contributed by atoms with E-state index in [4.69, 9.17) is 4.74 Å². The highest BCUT2D eigenvalue weighted by molar-refractivity contribution is 6.05. The van der Waals surface area contributed by atoms with Crippen molar-refractivity contribution in [3.63, 3.8) is 0 Å². The molecule has 10 nitrogen and oxygen atoms in total. The van der Waals surface area contributed by atoms with Crippen molar-refractivity contribution < 1.29 is 29.0 Å². The van der Waals surface area contributed by atoms with E-state index >= 15 is 0 Å². The second-order valence-electron chi connectivity index (χ2n) is 10.3. The lowest BCUT2D eigenvalue weighted by Gasteiger charge is -2.29. The minimum Gasteiger partial charge on any atom is -0.493 e. The summed E-state index contributed by atoms with van der Waals surface area (Å²) in [6.45, 7) is 1.43. The lowest BCUT2D eigenvalue weighted by Crippen LogP contribution is -2.52. The molecule has 1 aliphatic carbocycles. The van der Waals surface area contributed by atoms with E-state index in [1.165, 1.54) is 4.90 Å². The zero-order valence-corrected chi connectivity index (χ0v) is 21.1. The SMILES string of the molecule is O=C1CCC(N2Cc3cc(CNC(=O)Nc4ccc(OC[C@@H]5CC[C@@H](CO)C5)cc4)ccc3C2=O)C(=O)N1. The van der Waals surface area contributed by atoms with Crippen LogP contribution in [0.15, 0.2) is 42.5 Å². The van der Waals surface area contributed by atoms with Crippen LogP contribution in [0, 0.1) is 11.8 Å². The molecule has 2 fully saturated rings. The van der Waals surface area contributed by atoms with Crippen LogP contribution in [-0.4, -0.2) is 53.0 Å². The van der Waals surface area contributed by atoms with E-state index < -0.39 is 11.9 Å². The van der Waals surface area contributed by atoms with Gasteiger partial charge in [-0.3, -0.25) is 19.7 Å². The number of imide groups is 1. The number of anilines is 1. The number of nitrogens with zero attached hydrogens (tertiary/aromatic N) is 1. The maximum absolute atomic E-state index is 12.8. The first-order valence-corrected chi connectivity index (χ1v) is 13.0. The van der Waals surface area contributed by atoms with E-state index in [0.29, 0.717) is 36.1 Å². The van der Waals surface area contributed by atoms with E-state index in [-0.39, 0.29) is 44.0 Å². The maximum Gasteiger partial charge on any atom is 0.319 e. The summed E-state index contributed by atoms with van der Waals surface area (Å²) in [4.78, 5) is 50.4. The largest absolute Gasteiger partial charge is 0.493 e. The molecule has 1 saturated carbocycles. The Morgan fingerprint density at radius 1 is 1.05 bits per heavy atom. The first-order chi connectivity index (χ1) is 18.4. The quantitative estimate of drug-likeness (QED) is 0.395. The van der Waals surface area contributed by atoms with Gasteiger partial charge in [0, 0.05) is 37.4 Å². The first kappa shape index (κ1) is 25.7. The second kappa shape index (κ2) is 11.2. The Bertz CT molecular complexity index is 1230.